The van der Waals surface area contributed by atoms with Crippen molar-refractivity contribution in [3.63, 3.8) is 0 Å². The second-order valence-corrected chi connectivity index (χ2v) is 16.5. The molecule has 0 N–H and O–H groups in total. The van der Waals surface area contributed by atoms with E-state index in [9.17, 15) is 0 Å². The van der Waals surface area contributed by atoms with Crippen LogP contribution in [0.2, 0.25) is 0 Å². The Kier molecular flexibility index (Phi) is 8.57. The molecule has 60 heavy (non-hydrogen) atoms. The number of fused-ring (bicyclic) bond motifs is 5. The van der Waals surface area contributed by atoms with Crippen LogP contribution in [-0.2, 0) is 5.41 Å². The van der Waals surface area contributed by atoms with Gasteiger partial charge in [0.15, 0.2) is 0 Å². The maximum absolute atomic E-state index is 2.47. The molecule has 10 aromatic rings. The second-order valence-electron chi connectivity index (χ2n) is 16.5. The third-order valence-corrected chi connectivity index (χ3v) is 12.7. The van der Waals surface area contributed by atoms with Crippen molar-refractivity contribution in [3.05, 3.63) is 236 Å². The summed E-state index contributed by atoms with van der Waals surface area (Å²) in [6, 6.07) is 82.5. The van der Waals surface area contributed by atoms with Crippen LogP contribution in [0.4, 0.5) is 17.1 Å². The zero-order chi connectivity index (χ0) is 40.2. The lowest BCUT2D eigenvalue weighted by molar-refractivity contribution is 0.661. The fourth-order valence-corrected chi connectivity index (χ4v) is 9.58. The van der Waals surface area contributed by atoms with Crippen molar-refractivity contribution in [2.75, 3.05) is 4.90 Å². The van der Waals surface area contributed by atoms with Crippen LogP contribution in [0.15, 0.2) is 224 Å². The molecule has 0 amide bonds. The number of nitrogens with zero attached hydrogens (tertiary/aromatic N) is 1. The van der Waals surface area contributed by atoms with Gasteiger partial charge < -0.3 is 4.90 Å². The van der Waals surface area contributed by atoms with Gasteiger partial charge in [-0.15, -0.1) is 0 Å². The van der Waals surface area contributed by atoms with Crippen LogP contribution in [0.25, 0.3) is 77.2 Å². The van der Waals surface area contributed by atoms with Crippen molar-refractivity contribution < 1.29 is 0 Å². The highest BCUT2D eigenvalue weighted by Crippen LogP contribution is 2.53. The van der Waals surface area contributed by atoms with Crippen molar-refractivity contribution in [1.29, 1.82) is 0 Å². The molecule has 0 bridgehead atoms. The maximum Gasteiger partial charge on any atom is 0.0540 e. The van der Waals surface area contributed by atoms with E-state index in [1.807, 2.05) is 0 Å². The van der Waals surface area contributed by atoms with Gasteiger partial charge in [-0.2, -0.15) is 0 Å². The van der Waals surface area contributed by atoms with E-state index in [1.165, 1.54) is 88.3 Å². The Morgan fingerprint density at radius 2 is 0.783 bits per heavy atom. The Bertz CT molecular complexity index is 3230. The SMILES string of the molecule is CC1(C)c2cc(N(c3ccc(-c4ccc5ccccc5c4)cc3)c3ccccc3-c3ccccc3-c3ccccc3-c3ccccc3)ccc2-c2cc3ccccc3cc21. The number of benzene rings is 10. The summed E-state index contributed by atoms with van der Waals surface area (Å²) >= 11 is 0. The third-order valence-electron chi connectivity index (χ3n) is 12.7. The van der Waals surface area contributed by atoms with E-state index in [2.05, 4.69) is 243 Å². The fourth-order valence-electron chi connectivity index (χ4n) is 9.58. The van der Waals surface area contributed by atoms with Crippen molar-refractivity contribution in [2.24, 2.45) is 0 Å². The largest absolute Gasteiger partial charge is 0.310 e. The van der Waals surface area contributed by atoms with Crippen LogP contribution in [0.5, 0.6) is 0 Å². The van der Waals surface area contributed by atoms with Gasteiger partial charge in [0, 0.05) is 22.4 Å². The summed E-state index contributed by atoms with van der Waals surface area (Å²) in [5.74, 6) is 0. The summed E-state index contributed by atoms with van der Waals surface area (Å²) in [6.07, 6.45) is 0. The van der Waals surface area contributed by atoms with Gasteiger partial charge in [0.2, 0.25) is 0 Å². The molecule has 0 aromatic heterocycles. The molecule has 0 radical (unpaired) electrons. The molecule has 1 heteroatoms. The standard InChI is InChI=1S/C59H43N/c1-59(2)56-38-45-21-9-8-20-44(45)37-55(56)53-35-34-48(39-57(53)59)60(47-32-30-41(31-33-47)46-29-28-40-16-6-7-19-43(40)36-46)58-27-15-14-26-54(58)52-25-13-12-24-51(52)50-23-11-10-22-49(50)42-17-4-3-5-18-42/h3-39H,1-2H3. The van der Waals surface area contributed by atoms with Gasteiger partial charge >= 0.3 is 0 Å². The van der Waals surface area contributed by atoms with E-state index in [0.29, 0.717) is 0 Å². The highest BCUT2D eigenvalue weighted by atomic mass is 15.1. The lowest BCUT2D eigenvalue weighted by atomic mass is 9.81. The van der Waals surface area contributed by atoms with Crippen LogP contribution in [0, 0.1) is 0 Å². The minimum absolute atomic E-state index is 0.177. The first-order valence-electron chi connectivity index (χ1n) is 20.9. The predicted octanol–water partition coefficient (Wildman–Crippen LogP) is 16.4. The van der Waals surface area contributed by atoms with Gasteiger partial charge in [0.25, 0.3) is 0 Å². The van der Waals surface area contributed by atoms with Gasteiger partial charge in [-0.1, -0.05) is 190 Å². The van der Waals surface area contributed by atoms with Crippen molar-refractivity contribution in [3.8, 4) is 55.6 Å². The second kappa shape index (κ2) is 14.4. The molecule has 0 atom stereocenters. The number of anilines is 3. The summed E-state index contributed by atoms with van der Waals surface area (Å²) < 4.78 is 0. The molecule has 0 saturated carbocycles. The minimum Gasteiger partial charge on any atom is -0.310 e. The van der Waals surface area contributed by atoms with Crippen molar-refractivity contribution in [2.45, 2.75) is 19.3 Å². The summed E-state index contributed by atoms with van der Waals surface area (Å²) in [6.45, 7) is 4.76. The molecule has 0 spiro atoms. The molecule has 0 heterocycles. The van der Waals surface area contributed by atoms with Gasteiger partial charge in [0.1, 0.15) is 0 Å². The average Bonchev–Trinajstić information content (AvgIpc) is 3.53. The molecular formula is C59H43N. The topological polar surface area (TPSA) is 3.24 Å². The summed E-state index contributed by atoms with van der Waals surface area (Å²) in [7, 11) is 0. The van der Waals surface area contributed by atoms with Crippen LogP contribution in [0.1, 0.15) is 25.0 Å². The van der Waals surface area contributed by atoms with Crippen LogP contribution in [0.3, 0.4) is 0 Å². The third kappa shape index (κ3) is 6.01. The molecule has 11 rings (SSSR count). The highest BCUT2D eigenvalue weighted by Gasteiger charge is 2.36. The molecule has 284 valence electrons. The molecule has 1 nitrogen and oxygen atoms in total. The van der Waals surface area contributed by atoms with Crippen molar-refractivity contribution in [1.82, 2.24) is 0 Å². The van der Waals surface area contributed by atoms with Gasteiger partial charge in [-0.05, 0) is 131 Å². The first kappa shape index (κ1) is 35.7. The summed E-state index contributed by atoms with van der Waals surface area (Å²) in [5.41, 5.74) is 18.2. The van der Waals surface area contributed by atoms with E-state index >= 15 is 0 Å². The predicted molar refractivity (Wildman–Crippen MR) is 255 cm³/mol. The normalized spacial score (nSPS) is 12.6. The fraction of sp³-hybridized carbons (Fsp3) is 0.0508. The average molecular weight is 766 g/mol. The molecular weight excluding hydrogens is 723 g/mol. The Labute approximate surface area is 352 Å². The number of hydrogen-bond donors (Lipinski definition) is 0. The first-order valence-corrected chi connectivity index (χ1v) is 20.9. The Morgan fingerprint density at radius 1 is 0.283 bits per heavy atom. The van der Waals surface area contributed by atoms with Crippen molar-refractivity contribution >= 4 is 38.6 Å². The smallest absolute Gasteiger partial charge is 0.0540 e. The number of hydrogen-bond acceptors (Lipinski definition) is 1. The zero-order valence-corrected chi connectivity index (χ0v) is 33.8. The maximum atomic E-state index is 2.47. The van der Waals surface area contributed by atoms with E-state index < -0.39 is 0 Å². The monoisotopic (exact) mass is 765 g/mol. The van der Waals surface area contributed by atoms with Gasteiger partial charge in [0.05, 0.1) is 5.69 Å². The van der Waals surface area contributed by atoms with E-state index in [4.69, 9.17) is 0 Å². The molecule has 0 unspecified atom stereocenters. The highest BCUT2D eigenvalue weighted by molar-refractivity contribution is 5.99. The zero-order valence-electron chi connectivity index (χ0n) is 33.8. The molecule has 1 aliphatic rings. The van der Waals surface area contributed by atoms with E-state index in [1.54, 1.807) is 0 Å². The quantitative estimate of drug-likeness (QED) is 0.156. The number of para-hydroxylation sites is 1. The van der Waals surface area contributed by atoms with Gasteiger partial charge in [-0.25, -0.2) is 0 Å². The lowest BCUT2D eigenvalue weighted by Crippen LogP contribution is -2.17. The molecule has 0 saturated heterocycles. The van der Waals surface area contributed by atoms with E-state index in [0.717, 1.165) is 17.1 Å². The Balaban J connectivity index is 1.09. The first-order chi connectivity index (χ1) is 29.5. The molecule has 10 aromatic carbocycles. The molecule has 1 aliphatic carbocycles. The van der Waals surface area contributed by atoms with Crippen LogP contribution < -0.4 is 4.90 Å². The molecule has 0 aliphatic heterocycles. The van der Waals surface area contributed by atoms with E-state index in [-0.39, 0.29) is 5.41 Å². The Hall–Kier alpha value is -7.48. The summed E-state index contributed by atoms with van der Waals surface area (Å²) in [4.78, 5) is 2.47. The van der Waals surface area contributed by atoms with Crippen LogP contribution >= 0.6 is 0 Å². The summed E-state index contributed by atoms with van der Waals surface area (Å²) in [5, 5.41) is 5.06. The lowest BCUT2D eigenvalue weighted by Gasteiger charge is -2.30. The molecule has 0 fully saturated rings. The number of rotatable bonds is 7. The Morgan fingerprint density at radius 3 is 1.50 bits per heavy atom. The minimum atomic E-state index is -0.177. The van der Waals surface area contributed by atoms with Crippen LogP contribution in [-0.4, -0.2) is 0 Å². The van der Waals surface area contributed by atoms with Gasteiger partial charge in [-0.3, -0.25) is 0 Å².